The van der Waals surface area contributed by atoms with Crippen LogP contribution in [0.1, 0.15) is 21.5 Å². The molecule has 0 radical (unpaired) electrons. The van der Waals surface area contributed by atoms with Gasteiger partial charge in [0.05, 0.1) is 24.8 Å². The van der Waals surface area contributed by atoms with Crippen molar-refractivity contribution in [3.8, 4) is 5.75 Å². The van der Waals surface area contributed by atoms with Crippen molar-refractivity contribution in [2.75, 3.05) is 12.4 Å². The number of hydrogen-bond donors (Lipinski definition) is 1. The second-order valence-electron chi connectivity index (χ2n) is 5.88. The highest BCUT2D eigenvalue weighted by Crippen LogP contribution is 2.22. The van der Waals surface area contributed by atoms with Crippen LogP contribution in [-0.4, -0.2) is 27.7 Å². The molecule has 0 saturated heterocycles. The minimum Gasteiger partial charge on any atom is -0.497 e. The number of carbonyl (C=O) groups is 1. The van der Waals surface area contributed by atoms with Crippen molar-refractivity contribution >= 4 is 17.4 Å². The average molecular weight is 366 g/mol. The Morgan fingerprint density at radius 3 is 2.63 bits per heavy atom. The summed E-state index contributed by atoms with van der Waals surface area (Å²) in [6.45, 7) is 2.02. The highest BCUT2D eigenvalue weighted by Gasteiger charge is 2.19. The van der Waals surface area contributed by atoms with Gasteiger partial charge in [-0.15, -0.1) is 0 Å². The van der Waals surface area contributed by atoms with E-state index in [1.807, 2.05) is 24.3 Å². The Kier molecular flexibility index (Phi) is 5.16. The molecule has 3 aromatic rings. The lowest BCUT2D eigenvalue weighted by Gasteiger charge is -2.11. The van der Waals surface area contributed by atoms with Crippen molar-refractivity contribution in [3.05, 3.63) is 81.5 Å². The molecule has 2 aromatic carbocycles. The molecule has 0 aliphatic carbocycles. The highest BCUT2D eigenvalue weighted by molar-refractivity contribution is 6.05. The molecule has 0 aliphatic heterocycles. The molecule has 0 fully saturated rings. The van der Waals surface area contributed by atoms with Crippen LogP contribution in [0.3, 0.4) is 0 Å². The molecule has 1 N–H and O–H groups in total. The third-order valence-electron chi connectivity index (χ3n) is 4.20. The van der Waals surface area contributed by atoms with Crippen molar-refractivity contribution in [2.24, 2.45) is 0 Å². The Bertz CT molecular complexity index is 980. The third kappa shape index (κ3) is 3.95. The normalized spacial score (nSPS) is 10.4. The van der Waals surface area contributed by atoms with Crippen molar-refractivity contribution in [2.45, 2.75) is 13.5 Å². The van der Waals surface area contributed by atoms with E-state index in [1.165, 1.54) is 12.1 Å². The molecule has 0 aliphatic rings. The number of ether oxygens (including phenoxy) is 1. The fourth-order valence-corrected chi connectivity index (χ4v) is 2.72. The molecule has 1 amide bonds. The van der Waals surface area contributed by atoms with Crippen molar-refractivity contribution < 1.29 is 14.5 Å². The average Bonchev–Trinajstić information content (AvgIpc) is 3.08. The van der Waals surface area contributed by atoms with Crippen LogP contribution < -0.4 is 10.1 Å². The maximum Gasteiger partial charge on any atom is 0.273 e. The van der Waals surface area contributed by atoms with Gasteiger partial charge in [0, 0.05) is 23.3 Å². The monoisotopic (exact) mass is 366 g/mol. The number of amides is 1. The first kappa shape index (κ1) is 18.1. The van der Waals surface area contributed by atoms with Crippen LogP contribution in [0.25, 0.3) is 0 Å². The summed E-state index contributed by atoms with van der Waals surface area (Å²) in [5, 5.41) is 18.1. The first-order valence-electron chi connectivity index (χ1n) is 8.19. The number of nitro benzene ring substituents is 1. The van der Waals surface area contributed by atoms with E-state index in [1.54, 1.807) is 37.0 Å². The van der Waals surface area contributed by atoms with Crippen LogP contribution in [0.15, 0.2) is 54.7 Å². The predicted octanol–water partition coefficient (Wildman–Crippen LogP) is 3.41. The Hall–Kier alpha value is -3.68. The summed E-state index contributed by atoms with van der Waals surface area (Å²) in [6.07, 6.45) is 1.58. The van der Waals surface area contributed by atoms with Gasteiger partial charge in [-0.1, -0.05) is 18.2 Å². The van der Waals surface area contributed by atoms with Gasteiger partial charge < -0.3 is 10.1 Å². The molecule has 0 saturated carbocycles. The zero-order chi connectivity index (χ0) is 19.4. The maximum absolute atomic E-state index is 12.6. The molecule has 1 heterocycles. The Labute approximate surface area is 155 Å². The lowest BCUT2D eigenvalue weighted by atomic mass is 10.1. The van der Waals surface area contributed by atoms with Crippen LogP contribution in [0, 0.1) is 17.0 Å². The molecule has 1 aromatic heterocycles. The second kappa shape index (κ2) is 7.69. The summed E-state index contributed by atoms with van der Waals surface area (Å²) < 4.78 is 6.79. The van der Waals surface area contributed by atoms with Gasteiger partial charge in [0.1, 0.15) is 11.6 Å². The summed E-state index contributed by atoms with van der Waals surface area (Å²) in [5.41, 5.74) is 1.47. The van der Waals surface area contributed by atoms with Gasteiger partial charge in [-0.05, 0) is 30.7 Å². The summed E-state index contributed by atoms with van der Waals surface area (Å²) in [5.74, 6) is 0.836. The van der Waals surface area contributed by atoms with Gasteiger partial charge >= 0.3 is 0 Å². The number of anilines is 1. The molecular weight excluding hydrogens is 348 g/mol. The molecule has 138 valence electrons. The predicted molar refractivity (Wildman–Crippen MR) is 100 cm³/mol. The van der Waals surface area contributed by atoms with Crippen LogP contribution >= 0.6 is 0 Å². The second-order valence-corrected chi connectivity index (χ2v) is 5.88. The van der Waals surface area contributed by atoms with E-state index in [0.29, 0.717) is 17.9 Å². The summed E-state index contributed by atoms with van der Waals surface area (Å²) in [4.78, 5) is 23.2. The van der Waals surface area contributed by atoms with Gasteiger partial charge in [-0.3, -0.25) is 14.9 Å². The molecule has 0 bridgehead atoms. The van der Waals surface area contributed by atoms with E-state index < -0.39 is 10.8 Å². The SMILES string of the molecule is COc1ccc(Cn2nccc2NC(=O)c2cccc([N+](=O)[O-])c2C)cc1. The Morgan fingerprint density at radius 1 is 1.22 bits per heavy atom. The van der Waals surface area contributed by atoms with Crippen LogP contribution in [0.4, 0.5) is 11.5 Å². The summed E-state index contributed by atoms with van der Waals surface area (Å²) in [7, 11) is 1.60. The molecule has 3 rings (SSSR count). The number of rotatable bonds is 6. The zero-order valence-corrected chi connectivity index (χ0v) is 14.9. The molecule has 8 heteroatoms. The van der Waals surface area contributed by atoms with Crippen molar-refractivity contribution in [3.63, 3.8) is 0 Å². The minimum atomic E-state index is -0.500. The maximum atomic E-state index is 12.6. The third-order valence-corrected chi connectivity index (χ3v) is 4.20. The number of nitro groups is 1. The quantitative estimate of drug-likeness (QED) is 0.532. The zero-order valence-electron chi connectivity index (χ0n) is 14.9. The number of methoxy groups -OCH3 is 1. The van der Waals surface area contributed by atoms with Gasteiger partial charge in [0.15, 0.2) is 0 Å². The molecule has 8 nitrogen and oxygen atoms in total. The van der Waals surface area contributed by atoms with Gasteiger partial charge in [-0.2, -0.15) is 5.10 Å². The Balaban J connectivity index is 1.79. The fraction of sp³-hybridized carbons (Fsp3) is 0.158. The highest BCUT2D eigenvalue weighted by atomic mass is 16.6. The standard InChI is InChI=1S/C19H18N4O4/c1-13-16(4-3-5-17(13)23(25)26)19(24)21-18-10-11-20-22(18)12-14-6-8-15(27-2)9-7-14/h3-11H,12H2,1-2H3,(H,21,24). The molecule has 27 heavy (non-hydrogen) atoms. The number of hydrogen-bond acceptors (Lipinski definition) is 5. The van der Waals surface area contributed by atoms with Crippen molar-refractivity contribution in [1.29, 1.82) is 0 Å². The van der Waals surface area contributed by atoms with E-state index in [0.717, 1.165) is 11.3 Å². The van der Waals surface area contributed by atoms with Gasteiger partial charge in [0.25, 0.3) is 11.6 Å². The number of aromatic nitrogens is 2. The van der Waals surface area contributed by atoms with Crippen molar-refractivity contribution in [1.82, 2.24) is 9.78 Å². The molecule has 0 unspecified atom stereocenters. The smallest absolute Gasteiger partial charge is 0.273 e. The number of carbonyl (C=O) groups excluding carboxylic acids is 1. The first-order chi connectivity index (χ1) is 13.0. The lowest BCUT2D eigenvalue weighted by molar-refractivity contribution is -0.385. The van der Waals surface area contributed by atoms with E-state index in [4.69, 9.17) is 4.74 Å². The van der Waals surface area contributed by atoms with Crippen LogP contribution in [0.2, 0.25) is 0 Å². The summed E-state index contributed by atoms with van der Waals surface area (Å²) >= 11 is 0. The van der Waals surface area contributed by atoms with E-state index in [9.17, 15) is 14.9 Å². The van der Waals surface area contributed by atoms with E-state index >= 15 is 0 Å². The lowest BCUT2D eigenvalue weighted by Crippen LogP contribution is -2.17. The van der Waals surface area contributed by atoms with E-state index in [2.05, 4.69) is 10.4 Å². The summed E-state index contributed by atoms with van der Waals surface area (Å²) in [6, 6.07) is 13.6. The minimum absolute atomic E-state index is 0.0885. The molecule has 0 spiro atoms. The largest absolute Gasteiger partial charge is 0.497 e. The molecule has 0 atom stereocenters. The van der Waals surface area contributed by atoms with Gasteiger partial charge in [-0.25, -0.2) is 4.68 Å². The first-order valence-corrected chi connectivity index (χ1v) is 8.19. The number of nitrogens with one attached hydrogen (secondary N) is 1. The fourth-order valence-electron chi connectivity index (χ4n) is 2.72. The van der Waals surface area contributed by atoms with Crippen LogP contribution in [-0.2, 0) is 6.54 Å². The van der Waals surface area contributed by atoms with Crippen LogP contribution in [0.5, 0.6) is 5.75 Å². The van der Waals surface area contributed by atoms with E-state index in [-0.39, 0.29) is 11.3 Å². The number of nitrogens with zero attached hydrogens (tertiary/aromatic N) is 3. The Morgan fingerprint density at radius 2 is 1.96 bits per heavy atom. The topological polar surface area (TPSA) is 99.3 Å². The molecular formula is C19H18N4O4. The number of benzene rings is 2. The van der Waals surface area contributed by atoms with Gasteiger partial charge in [0.2, 0.25) is 0 Å².